The molecule has 0 bridgehead atoms. The summed E-state index contributed by atoms with van der Waals surface area (Å²) < 4.78 is 12.2. The Bertz CT molecular complexity index is 2390. The molecule has 2 aliphatic heterocycles. The highest BCUT2D eigenvalue weighted by Gasteiger charge is 2.61. The Kier molecular flexibility index (Phi) is 10.5. The number of hydrogen-bond acceptors (Lipinski definition) is 18. The van der Waals surface area contributed by atoms with E-state index in [0.717, 1.165) is 18.2 Å². The zero-order valence-electron chi connectivity index (χ0n) is 31.3. The van der Waals surface area contributed by atoms with Gasteiger partial charge >= 0.3 is 0 Å². The molecule has 2 fully saturated rings. The van der Waals surface area contributed by atoms with Crippen LogP contribution in [-0.2, 0) is 28.1 Å². The van der Waals surface area contributed by atoms with Gasteiger partial charge in [0.05, 0.1) is 60.2 Å². The third-order valence-corrected chi connectivity index (χ3v) is 12.4. The van der Waals surface area contributed by atoms with Crippen molar-refractivity contribution in [1.29, 1.82) is 0 Å². The average molecular weight is 835 g/mol. The van der Waals surface area contributed by atoms with E-state index in [0.29, 0.717) is 0 Å². The summed E-state index contributed by atoms with van der Waals surface area (Å²) in [4.78, 5) is 29.2. The first kappa shape index (κ1) is 41.7. The molecule has 0 amide bonds. The Labute approximate surface area is 339 Å². The number of aromatic hydroxyl groups is 4. The van der Waals surface area contributed by atoms with E-state index < -0.39 is 161 Å². The highest BCUT2D eigenvalue weighted by atomic mass is 16.6. The lowest BCUT2D eigenvalue weighted by molar-refractivity contribution is -0.239. The number of hydrogen-bond donors (Lipinski definition) is 14. The van der Waals surface area contributed by atoms with Crippen molar-refractivity contribution in [2.24, 2.45) is 0 Å². The van der Waals surface area contributed by atoms with Gasteiger partial charge in [0.25, 0.3) is 0 Å². The van der Waals surface area contributed by atoms with Crippen LogP contribution >= 0.6 is 0 Å². The summed E-state index contributed by atoms with van der Waals surface area (Å²) in [6.07, 6.45) is -18.5. The second-order valence-electron chi connectivity index (χ2n) is 15.5. The minimum Gasteiger partial charge on any atom is -0.507 e. The molecule has 60 heavy (non-hydrogen) atoms. The number of rotatable bonds is 7. The second-order valence-corrected chi connectivity index (χ2v) is 15.5. The van der Waals surface area contributed by atoms with Gasteiger partial charge in [-0.25, -0.2) is 0 Å². The van der Waals surface area contributed by atoms with Crippen molar-refractivity contribution >= 4 is 11.6 Å². The van der Waals surface area contributed by atoms with Crippen molar-refractivity contribution < 1.29 is 90.6 Å². The van der Waals surface area contributed by atoms with Gasteiger partial charge in [0.15, 0.2) is 0 Å². The predicted octanol–water partition coefficient (Wildman–Crippen LogP) is -2.27. The summed E-state index contributed by atoms with van der Waals surface area (Å²) in [7, 11) is 0. The molecule has 14 N–H and O–H groups in total. The third-order valence-electron chi connectivity index (χ3n) is 12.4. The Hall–Kier alpha value is -5.06. The first-order valence-corrected chi connectivity index (χ1v) is 18.9. The van der Waals surface area contributed by atoms with Crippen molar-refractivity contribution in [1.82, 2.24) is 0 Å². The van der Waals surface area contributed by atoms with Gasteiger partial charge in [-0.2, -0.15) is 0 Å². The number of benzene rings is 4. The molecule has 4 aromatic rings. The Balaban J connectivity index is 1.50. The first-order valence-electron chi connectivity index (χ1n) is 18.9. The van der Waals surface area contributed by atoms with E-state index in [2.05, 4.69) is 0 Å². The lowest BCUT2D eigenvalue weighted by Gasteiger charge is -2.52. The maximum atomic E-state index is 14.9. The second kappa shape index (κ2) is 15.1. The van der Waals surface area contributed by atoms with Gasteiger partial charge in [0.1, 0.15) is 77.9 Å². The van der Waals surface area contributed by atoms with E-state index in [1.54, 1.807) is 0 Å². The fraction of sp³-hybridized carbons (Fsp3) is 0.381. The molecule has 2 saturated heterocycles. The molecule has 4 aliphatic rings. The molecular weight excluding hydrogens is 792 g/mol. The van der Waals surface area contributed by atoms with Crippen molar-refractivity contribution in [3.05, 3.63) is 116 Å². The minimum atomic E-state index is -2.44. The van der Waals surface area contributed by atoms with Gasteiger partial charge in [0.2, 0.25) is 11.6 Å². The van der Waals surface area contributed by atoms with Crippen molar-refractivity contribution in [2.45, 2.75) is 85.6 Å². The number of ether oxygens (including phenoxy) is 2. The summed E-state index contributed by atoms with van der Waals surface area (Å²) in [5.41, 5.74) is -5.58. The number of fused-ring (bicyclic) bond motifs is 4. The summed E-state index contributed by atoms with van der Waals surface area (Å²) in [6.45, 7) is -3.16. The van der Waals surface area contributed by atoms with E-state index >= 15 is 0 Å². The Morgan fingerprint density at radius 3 is 1.72 bits per heavy atom. The zero-order chi connectivity index (χ0) is 43.3. The van der Waals surface area contributed by atoms with Crippen LogP contribution in [0.5, 0.6) is 23.0 Å². The van der Waals surface area contributed by atoms with Crippen LogP contribution in [0.1, 0.15) is 76.7 Å². The normalized spacial score (nSPS) is 32.2. The summed E-state index contributed by atoms with van der Waals surface area (Å²) in [5.74, 6) is -6.49. The SMILES string of the molecule is O=C1c2c(O)cccc2C(c2ccc3c(c2O)C(=O)c2c(O)cc(CO)cc2C3C2OC(CO)C(O)C(O)C2O)(C2OC(CO)C(O)C(O)C2O)c2cc(CO)cc(O)c21. The predicted molar refractivity (Wildman–Crippen MR) is 200 cm³/mol. The molecule has 2 heterocycles. The Morgan fingerprint density at radius 2 is 1.08 bits per heavy atom. The third kappa shape index (κ3) is 5.73. The summed E-state index contributed by atoms with van der Waals surface area (Å²) in [5, 5.41) is 155. The molecule has 18 heteroatoms. The quantitative estimate of drug-likeness (QED) is 0.0934. The van der Waals surface area contributed by atoms with E-state index in [-0.39, 0.29) is 33.4 Å². The number of phenolic OH excluding ortho intramolecular Hbond substituents is 4. The number of aliphatic hydroxyl groups excluding tert-OH is 10. The number of phenols is 4. The fourth-order valence-electron chi connectivity index (χ4n) is 9.68. The molecule has 18 nitrogen and oxygen atoms in total. The molecule has 318 valence electrons. The highest BCUT2D eigenvalue weighted by molar-refractivity contribution is 6.18. The molecule has 0 aromatic heterocycles. The van der Waals surface area contributed by atoms with Crippen LogP contribution in [0.4, 0.5) is 0 Å². The topological polar surface area (TPSA) is 336 Å². The molecule has 4 aromatic carbocycles. The van der Waals surface area contributed by atoms with E-state index in [9.17, 15) is 81.1 Å². The number of carbonyl (C=O) groups is 2. The number of carbonyl (C=O) groups excluding carboxylic acids is 2. The largest absolute Gasteiger partial charge is 0.507 e. The van der Waals surface area contributed by atoms with Crippen LogP contribution in [0.15, 0.2) is 54.6 Å². The fourth-order valence-corrected chi connectivity index (χ4v) is 9.68. The van der Waals surface area contributed by atoms with E-state index in [1.165, 1.54) is 36.4 Å². The maximum absolute atomic E-state index is 14.9. The van der Waals surface area contributed by atoms with Crippen LogP contribution in [0.2, 0.25) is 0 Å². The van der Waals surface area contributed by atoms with Crippen LogP contribution < -0.4 is 0 Å². The standard InChI is InChI=1S/C42H42O18/c43-10-14-6-17-26(40-38(57)36(55)32(51)24(12-45)59-40)16-4-5-19(31(50)28(16)34(53)27(17)22(48)8-14)42(41-39(58)37(56)33(52)25(13-46)60-41)18-2-1-3-21(47)29(18)35(54)30-20(42)7-15(11-44)9-23(30)49/h1-9,24-26,32-33,36-41,43-52,55-58H,10-13H2. The van der Waals surface area contributed by atoms with Crippen LogP contribution in [-0.4, -0.2) is 157 Å². The monoisotopic (exact) mass is 834 g/mol. The molecular formula is C42H42O18. The lowest BCUT2D eigenvalue weighted by Crippen LogP contribution is -2.65. The molecule has 0 radical (unpaired) electrons. The van der Waals surface area contributed by atoms with Gasteiger partial charge in [-0.1, -0.05) is 36.4 Å². The smallest absolute Gasteiger partial charge is 0.201 e. The molecule has 0 spiro atoms. The van der Waals surface area contributed by atoms with Crippen LogP contribution in [0, 0.1) is 0 Å². The Morgan fingerprint density at radius 1 is 0.517 bits per heavy atom. The van der Waals surface area contributed by atoms with Crippen molar-refractivity contribution in [3.8, 4) is 23.0 Å². The van der Waals surface area contributed by atoms with Gasteiger partial charge in [-0.3, -0.25) is 9.59 Å². The summed E-state index contributed by atoms with van der Waals surface area (Å²) in [6, 6.07) is 10.9. The van der Waals surface area contributed by atoms with Gasteiger partial charge < -0.3 is 81.0 Å². The van der Waals surface area contributed by atoms with E-state index in [1.807, 2.05) is 0 Å². The average Bonchev–Trinajstić information content (AvgIpc) is 3.23. The highest BCUT2D eigenvalue weighted by Crippen LogP contribution is 2.59. The number of ketones is 2. The summed E-state index contributed by atoms with van der Waals surface area (Å²) >= 11 is 0. The van der Waals surface area contributed by atoms with Gasteiger partial charge in [0, 0.05) is 11.5 Å². The zero-order valence-corrected chi connectivity index (χ0v) is 31.3. The lowest BCUT2D eigenvalue weighted by atomic mass is 9.56. The molecule has 12 unspecified atom stereocenters. The molecule has 2 aliphatic carbocycles. The van der Waals surface area contributed by atoms with Crippen molar-refractivity contribution in [3.63, 3.8) is 0 Å². The minimum absolute atomic E-state index is 0.0219. The van der Waals surface area contributed by atoms with E-state index in [4.69, 9.17) is 9.47 Å². The molecule has 0 saturated carbocycles. The maximum Gasteiger partial charge on any atom is 0.201 e. The first-order chi connectivity index (χ1) is 28.6. The van der Waals surface area contributed by atoms with Crippen LogP contribution in [0.3, 0.4) is 0 Å². The van der Waals surface area contributed by atoms with Crippen molar-refractivity contribution in [2.75, 3.05) is 13.2 Å². The number of aliphatic hydroxyl groups is 10. The van der Waals surface area contributed by atoms with Gasteiger partial charge in [-0.05, 0) is 51.6 Å². The molecule has 12 atom stereocenters. The van der Waals surface area contributed by atoms with Crippen LogP contribution in [0.25, 0.3) is 0 Å². The van der Waals surface area contributed by atoms with Gasteiger partial charge in [-0.15, -0.1) is 0 Å². The molecule has 8 rings (SSSR count).